The molecule has 2 heterocycles. The molecule has 126 valence electrons. The van der Waals surface area contributed by atoms with Gasteiger partial charge in [0, 0.05) is 29.9 Å². The fourth-order valence-corrected chi connectivity index (χ4v) is 3.54. The molecule has 1 aliphatic rings. The van der Waals surface area contributed by atoms with Gasteiger partial charge in [0.1, 0.15) is 0 Å². The molecule has 6 heteroatoms. The number of thiophene rings is 1. The highest BCUT2D eigenvalue weighted by Crippen LogP contribution is 2.14. The topological polar surface area (TPSA) is 39.7 Å². The number of aliphatic imine (C=N–C) groups is 1. The zero-order valence-corrected chi connectivity index (χ0v) is 17.0. The molecule has 0 aliphatic carbocycles. The van der Waals surface area contributed by atoms with Gasteiger partial charge in [0.2, 0.25) is 0 Å². The van der Waals surface area contributed by atoms with E-state index in [2.05, 4.69) is 46.5 Å². The maximum atomic E-state index is 4.30. The number of guanidine groups is 1. The van der Waals surface area contributed by atoms with Crippen molar-refractivity contribution in [1.29, 1.82) is 0 Å². The maximum absolute atomic E-state index is 4.30. The number of halogens is 1. The first-order valence-electron chi connectivity index (χ1n) is 7.89. The lowest BCUT2D eigenvalue weighted by atomic mass is 10.1. The summed E-state index contributed by atoms with van der Waals surface area (Å²) in [5.74, 6) is 1.54. The summed E-state index contributed by atoms with van der Waals surface area (Å²) < 4.78 is 0. The number of hydrogen-bond acceptors (Lipinski definition) is 3. The number of rotatable bonds is 6. The molecule has 4 nitrogen and oxygen atoms in total. The molecule has 1 aliphatic heterocycles. The molecule has 0 spiro atoms. The average molecular weight is 436 g/mol. The summed E-state index contributed by atoms with van der Waals surface area (Å²) >= 11 is 1.83. The first-order valence-corrected chi connectivity index (χ1v) is 8.71. The van der Waals surface area contributed by atoms with Gasteiger partial charge in [0.25, 0.3) is 0 Å². The highest BCUT2D eigenvalue weighted by atomic mass is 127. The summed E-state index contributed by atoms with van der Waals surface area (Å²) in [7, 11) is 1.83. The van der Waals surface area contributed by atoms with Gasteiger partial charge in [0.05, 0.1) is 6.54 Å². The molecular formula is C16H29IN4S. The van der Waals surface area contributed by atoms with E-state index < -0.39 is 0 Å². The number of nitrogens with one attached hydrogen (secondary N) is 2. The van der Waals surface area contributed by atoms with E-state index in [-0.39, 0.29) is 24.0 Å². The van der Waals surface area contributed by atoms with Crippen molar-refractivity contribution < 1.29 is 0 Å². The minimum Gasteiger partial charge on any atom is -0.356 e. The van der Waals surface area contributed by atoms with Crippen LogP contribution in [0.5, 0.6) is 0 Å². The molecule has 1 aromatic heterocycles. The summed E-state index contributed by atoms with van der Waals surface area (Å²) in [5, 5.41) is 6.82. The molecule has 0 saturated carbocycles. The van der Waals surface area contributed by atoms with E-state index in [9.17, 15) is 0 Å². The smallest absolute Gasteiger partial charge is 0.191 e. The van der Waals surface area contributed by atoms with Crippen LogP contribution in [0.1, 0.15) is 29.5 Å². The molecule has 1 unspecified atom stereocenters. The molecule has 22 heavy (non-hydrogen) atoms. The number of hydrogen-bond donors (Lipinski definition) is 2. The van der Waals surface area contributed by atoms with Crippen molar-refractivity contribution >= 4 is 41.3 Å². The standard InChI is InChI=1S/C16H28N4S.HI/c1-13(12-20-8-4-5-9-20)10-18-16(17-3)19-11-15-7-6-14(2)21-15;/h6-7,13H,4-5,8-12H2,1-3H3,(H2,17,18,19);1H. The largest absolute Gasteiger partial charge is 0.356 e. The Morgan fingerprint density at radius 1 is 1.32 bits per heavy atom. The molecule has 0 amide bonds. The van der Waals surface area contributed by atoms with E-state index in [1.807, 2.05) is 18.4 Å². The molecule has 2 rings (SSSR count). The van der Waals surface area contributed by atoms with Gasteiger partial charge in [-0.1, -0.05) is 6.92 Å². The predicted molar refractivity (Wildman–Crippen MR) is 108 cm³/mol. The zero-order chi connectivity index (χ0) is 15.1. The van der Waals surface area contributed by atoms with E-state index in [0.717, 1.165) is 19.0 Å². The van der Waals surface area contributed by atoms with E-state index in [4.69, 9.17) is 0 Å². The molecule has 0 bridgehead atoms. The van der Waals surface area contributed by atoms with Crippen LogP contribution in [0.25, 0.3) is 0 Å². The number of likely N-dealkylation sites (tertiary alicyclic amines) is 1. The van der Waals surface area contributed by atoms with Gasteiger partial charge in [-0.3, -0.25) is 4.99 Å². The third kappa shape index (κ3) is 6.83. The second-order valence-electron chi connectivity index (χ2n) is 5.93. The fraction of sp³-hybridized carbons (Fsp3) is 0.688. The van der Waals surface area contributed by atoms with Crippen LogP contribution >= 0.6 is 35.3 Å². The van der Waals surface area contributed by atoms with Gasteiger partial charge in [-0.25, -0.2) is 0 Å². The predicted octanol–water partition coefficient (Wildman–Crippen LogP) is 3.07. The first-order chi connectivity index (χ1) is 10.2. The van der Waals surface area contributed by atoms with Crippen molar-refractivity contribution in [2.24, 2.45) is 10.9 Å². The van der Waals surface area contributed by atoms with Crippen LogP contribution in [-0.2, 0) is 6.54 Å². The quantitative estimate of drug-likeness (QED) is 0.409. The first kappa shape index (κ1) is 19.7. The van der Waals surface area contributed by atoms with Crippen LogP contribution in [-0.4, -0.2) is 44.1 Å². The second kappa shape index (κ2) is 10.4. The van der Waals surface area contributed by atoms with Crippen molar-refractivity contribution in [3.05, 3.63) is 21.9 Å². The summed E-state index contributed by atoms with van der Waals surface area (Å²) in [4.78, 5) is 9.57. The Morgan fingerprint density at radius 3 is 2.64 bits per heavy atom. The summed E-state index contributed by atoms with van der Waals surface area (Å²) in [5.41, 5.74) is 0. The van der Waals surface area contributed by atoms with Gasteiger partial charge in [-0.15, -0.1) is 35.3 Å². The van der Waals surface area contributed by atoms with Gasteiger partial charge in [0.15, 0.2) is 5.96 Å². The van der Waals surface area contributed by atoms with E-state index in [0.29, 0.717) is 5.92 Å². The Morgan fingerprint density at radius 2 is 2.05 bits per heavy atom. The van der Waals surface area contributed by atoms with Gasteiger partial charge in [-0.2, -0.15) is 0 Å². The zero-order valence-electron chi connectivity index (χ0n) is 13.9. The van der Waals surface area contributed by atoms with Crippen molar-refractivity contribution in [3.8, 4) is 0 Å². The van der Waals surface area contributed by atoms with Crippen LogP contribution < -0.4 is 10.6 Å². The maximum Gasteiger partial charge on any atom is 0.191 e. The van der Waals surface area contributed by atoms with E-state index >= 15 is 0 Å². The number of aryl methyl sites for hydroxylation is 1. The van der Waals surface area contributed by atoms with E-state index in [1.165, 1.54) is 42.2 Å². The molecule has 1 saturated heterocycles. The Kier molecular flexibility index (Phi) is 9.35. The minimum absolute atomic E-state index is 0. The summed E-state index contributed by atoms with van der Waals surface area (Å²) in [6.45, 7) is 10.00. The minimum atomic E-state index is 0. The van der Waals surface area contributed by atoms with Crippen LogP contribution in [0.3, 0.4) is 0 Å². The van der Waals surface area contributed by atoms with Gasteiger partial charge >= 0.3 is 0 Å². The summed E-state index contributed by atoms with van der Waals surface area (Å²) in [6, 6.07) is 4.34. The van der Waals surface area contributed by atoms with Crippen molar-refractivity contribution in [1.82, 2.24) is 15.5 Å². The molecule has 1 atom stereocenters. The molecule has 1 aromatic rings. The average Bonchev–Trinajstić information content (AvgIpc) is 3.11. The molecule has 0 radical (unpaired) electrons. The Balaban J connectivity index is 0.00000242. The lowest BCUT2D eigenvalue weighted by molar-refractivity contribution is 0.287. The van der Waals surface area contributed by atoms with E-state index in [1.54, 1.807) is 0 Å². The molecule has 2 N–H and O–H groups in total. The van der Waals surface area contributed by atoms with Crippen LogP contribution in [0.4, 0.5) is 0 Å². The van der Waals surface area contributed by atoms with Gasteiger partial charge < -0.3 is 15.5 Å². The summed E-state index contributed by atoms with van der Waals surface area (Å²) in [6.07, 6.45) is 2.73. The lowest BCUT2D eigenvalue weighted by Crippen LogP contribution is -2.40. The van der Waals surface area contributed by atoms with Crippen molar-refractivity contribution in [2.75, 3.05) is 33.2 Å². The highest BCUT2D eigenvalue weighted by molar-refractivity contribution is 14.0. The second-order valence-corrected chi connectivity index (χ2v) is 7.30. The Labute approximate surface area is 155 Å². The molecular weight excluding hydrogens is 407 g/mol. The lowest BCUT2D eigenvalue weighted by Gasteiger charge is -2.21. The Hall–Kier alpha value is -0.340. The highest BCUT2D eigenvalue weighted by Gasteiger charge is 2.14. The third-order valence-electron chi connectivity index (χ3n) is 3.84. The number of nitrogens with zero attached hydrogens (tertiary/aromatic N) is 2. The monoisotopic (exact) mass is 436 g/mol. The molecule has 1 fully saturated rings. The Bertz CT molecular complexity index is 455. The van der Waals surface area contributed by atoms with Crippen molar-refractivity contribution in [3.63, 3.8) is 0 Å². The molecule has 0 aromatic carbocycles. The van der Waals surface area contributed by atoms with Crippen molar-refractivity contribution in [2.45, 2.75) is 33.2 Å². The van der Waals surface area contributed by atoms with Crippen LogP contribution in [0.15, 0.2) is 17.1 Å². The van der Waals surface area contributed by atoms with Gasteiger partial charge in [-0.05, 0) is 50.9 Å². The van der Waals surface area contributed by atoms with Crippen LogP contribution in [0, 0.1) is 12.8 Å². The normalized spacial score (nSPS) is 17.1. The third-order valence-corrected chi connectivity index (χ3v) is 4.84. The fourth-order valence-electron chi connectivity index (χ4n) is 2.71. The van der Waals surface area contributed by atoms with Crippen LogP contribution in [0.2, 0.25) is 0 Å². The SMILES string of the molecule is CN=C(NCc1ccc(C)s1)NCC(C)CN1CCCC1.I.